The summed E-state index contributed by atoms with van der Waals surface area (Å²) in [5.41, 5.74) is 5.68. The zero-order chi connectivity index (χ0) is 14.8. The van der Waals surface area contributed by atoms with Crippen molar-refractivity contribution in [2.24, 2.45) is 11.8 Å². The molecule has 1 aliphatic rings. The molecule has 0 unspecified atom stereocenters. The molecular weight excluding hydrogens is 276 g/mol. The predicted octanol–water partition coefficient (Wildman–Crippen LogP) is 1.59. The lowest BCUT2D eigenvalue weighted by Gasteiger charge is -2.26. The Morgan fingerprint density at radius 3 is 2.60 bits per heavy atom. The Hall–Kier alpha value is -1.08. The lowest BCUT2D eigenvalue weighted by molar-refractivity contribution is 0.290. The minimum absolute atomic E-state index is 0.0663. The monoisotopic (exact) mass is 300 g/mol. The van der Waals surface area contributed by atoms with Gasteiger partial charge in [0.05, 0.1) is 0 Å². The highest BCUT2D eigenvalue weighted by atomic mass is 32.2. The van der Waals surface area contributed by atoms with E-state index in [0.717, 1.165) is 18.8 Å². The SMILES string of the molecule is CCn1cc(S(=O)(=O)NCC2CCC(C)CC2)c(N)n1. The van der Waals surface area contributed by atoms with Crippen molar-refractivity contribution in [1.29, 1.82) is 0 Å². The van der Waals surface area contributed by atoms with Crippen LogP contribution in [0, 0.1) is 11.8 Å². The van der Waals surface area contributed by atoms with E-state index in [2.05, 4.69) is 16.7 Å². The number of nitrogens with one attached hydrogen (secondary N) is 1. The van der Waals surface area contributed by atoms with Gasteiger partial charge in [-0.15, -0.1) is 0 Å². The Balaban J connectivity index is 1.98. The summed E-state index contributed by atoms with van der Waals surface area (Å²) in [7, 11) is -3.55. The number of sulfonamides is 1. The number of hydrogen-bond acceptors (Lipinski definition) is 4. The molecular formula is C13H24N4O2S. The van der Waals surface area contributed by atoms with Crippen molar-refractivity contribution in [3.05, 3.63) is 6.20 Å². The zero-order valence-electron chi connectivity index (χ0n) is 12.2. The average Bonchev–Trinajstić information content (AvgIpc) is 2.80. The molecule has 2 rings (SSSR count). The van der Waals surface area contributed by atoms with Gasteiger partial charge in [0.15, 0.2) is 5.82 Å². The quantitative estimate of drug-likeness (QED) is 0.864. The van der Waals surface area contributed by atoms with Gasteiger partial charge in [0.2, 0.25) is 10.0 Å². The van der Waals surface area contributed by atoms with Crippen molar-refractivity contribution in [1.82, 2.24) is 14.5 Å². The molecule has 3 N–H and O–H groups in total. The van der Waals surface area contributed by atoms with Gasteiger partial charge in [0.1, 0.15) is 4.90 Å². The van der Waals surface area contributed by atoms with Gasteiger partial charge in [-0.25, -0.2) is 13.1 Å². The van der Waals surface area contributed by atoms with E-state index < -0.39 is 10.0 Å². The third-order valence-electron chi connectivity index (χ3n) is 4.07. The maximum atomic E-state index is 12.2. The Morgan fingerprint density at radius 2 is 2.05 bits per heavy atom. The molecule has 1 heterocycles. The van der Waals surface area contributed by atoms with Gasteiger partial charge in [0.25, 0.3) is 0 Å². The number of nitrogens with two attached hydrogens (primary N) is 1. The van der Waals surface area contributed by atoms with Crippen LogP contribution in [0.15, 0.2) is 11.1 Å². The molecule has 0 spiro atoms. The van der Waals surface area contributed by atoms with E-state index in [1.807, 2.05) is 6.92 Å². The first-order valence-electron chi connectivity index (χ1n) is 7.25. The topological polar surface area (TPSA) is 90.0 Å². The number of hydrogen-bond donors (Lipinski definition) is 2. The second-order valence-electron chi connectivity index (χ2n) is 5.71. The van der Waals surface area contributed by atoms with E-state index in [0.29, 0.717) is 19.0 Å². The molecule has 0 atom stereocenters. The number of aromatic nitrogens is 2. The summed E-state index contributed by atoms with van der Waals surface area (Å²) in [5.74, 6) is 1.27. The molecule has 0 saturated heterocycles. The van der Waals surface area contributed by atoms with Gasteiger partial charge >= 0.3 is 0 Å². The van der Waals surface area contributed by atoms with E-state index in [1.165, 1.54) is 23.7 Å². The molecule has 0 aliphatic heterocycles. The molecule has 1 saturated carbocycles. The van der Waals surface area contributed by atoms with E-state index in [4.69, 9.17) is 5.73 Å². The highest BCUT2D eigenvalue weighted by Crippen LogP contribution is 2.28. The summed E-state index contributed by atoms with van der Waals surface area (Å²) in [6, 6.07) is 0. The number of nitrogens with zero attached hydrogens (tertiary/aromatic N) is 2. The van der Waals surface area contributed by atoms with Crippen LogP contribution in [0.2, 0.25) is 0 Å². The molecule has 1 fully saturated rings. The van der Waals surface area contributed by atoms with Gasteiger partial charge in [-0.05, 0) is 31.6 Å². The fourth-order valence-corrected chi connectivity index (χ4v) is 3.81. The molecule has 1 aromatic heterocycles. The van der Waals surface area contributed by atoms with Crippen molar-refractivity contribution in [3.8, 4) is 0 Å². The summed E-state index contributed by atoms with van der Waals surface area (Å²) in [5, 5.41) is 3.98. The smallest absolute Gasteiger partial charge is 0.245 e. The Kier molecular flexibility index (Phi) is 4.70. The first kappa shape index (κ1) is 15.3. The van der Waals surface area contributed by atoms with Crippen LogP contribution in [0.5, 0.6) is 0 Å². The first-order chi connectivity index (χ1) is 9.42. The van der Waals surface area contributed by atoms with Crippen LogP contribution in [-0.2, 0) is 16.6 Å². The third-order valence-corrected chi connectivity index (χ3v) is 5.51. The minimum atomic E-state index is -3.55. The number of anilines is 1. The lowest BCUT2D eigenvalue weighted by atomic mass is 9.83. The molecule has 20 heavy (non-hydrogen) atoms. The Morgan fingerprint density at radius 1 is 1.40 bits per heavy atom. The molecule has 6 nitrogen and oxygen atoms in total. The van der Waals surface area contributed by atoms with Crippen LogP contribution in [0.1, 0.15) is 39.5 Å². The molecule has 0 radical (unpaired) electrons. The largest absolute Gasteiger partial charge is 0.381 e. The van der Waals surface area contributed by atoms with Crippen molar-refractivity contribution >= 4 is 15.8 Å². The van der Waals surface area contributed by atoms with Gasteiger partial charge in [-0.1, -0.05) is 19.8 Å². The second kappa shape index (κ2) is 6.13. The normalized spacial score (nSPS) is 23.9. The van der Waals surface area contributed by atoms with E-state index in [9.17, 15) is 8.42 Å². The number of rotatable bonds is 5. The van der Waals surface area contributed by atoms with Gasteiger partial charge in [-0.3, -0.25) is 4.68 Å². The van der Waals surface area contributed by atoms with Crippen LogP contribution in [0.25, 0.3) is 0 Å². The number of nitrogen functional groups attached to an aromatic ring is 1. The standard InChI is InChI=1S/C13H24N4O2S/c1-3-17-9-12(13(14)16-17)20(18,19)15-8-11-6-4-10(2)5-7-11/h9-11,15H,3-8H2,1-2H3,(H2,14,16). The lowest BCUT2D eigenvalue weighted by Crippen LogP contribution is -2.31. The van der Waals surface area contributed by atoms with Crippen LogP contribution in [0.3, 0.4) is 0 Å². The maximum absolute atomic E-state index is 12.2. The van der Waals surface area contributed by atoms with Gasteiger partial charge in [0, 0.05) is 19.3 Å². The first-order valence-corrected chi connectivity index (χ1v) is 8.73. The fourth-order valence-electron chi connectivity index (χ4n) is 2.63. The van der Waals surface area contributed by atoms with Crippen molar-refractivity contribution in [3.63, 3.8) is 0 Å². The Bertz CT molecular complexity index is 545. The highest BCUT2D eigenvalue weighted by molar-refractivity contribution is 7.89. The maximum Gasteiger partial charge on any atom is 0.245 e. The van der Waals surface area contributed by atoms with Crippen molar-refractivity contribution in [2.75, 3.05) is 12.3 Å². The second-order valence-corrected chi connectivity index (χ2v) is 7.45. The molecule has 0 aromatic carbocycles. The Labute approximate surface area is 120 Å². The summed E-state index contributed by atoms with van der Waals surface area (Å²) < 4.78 is 28.7. The third kappa shape index (κ3) is 3.52. The fraction of sp³-hybridized carbons (Fsp3) is 0.769. The van der Waals surface area contributed by atoms with Crippen LogP contribution < -0.4 is 10.5 Å². The van der Waals surface area contributed by atoms with E-state index >= 15 is 0 Å². The van der Waals surface area contributed by atoms with Crippen molar-refractivity contribution < 1.29 is 8.42 Å². The van der Waals surface area contributed by atoms with E-state index in [-0.39, 0.29) is 10.7 Å². The molecule has 0 amide bonds. The highest BCUT2D eigenvalue weighted by Gasteiger charge is 2.24. The minimum Gasteiger partial charge on any atom is -0.381 e. The molecule has 1 aliphatic carbocycles. The predicted molar refractivity (Wildman–Crippen MR) is 78.6 cm³/mol. The summed E-state index contributed by atoms with van der Waals surface area (Å²) in [6.45, 7) is 5.23. The van der Waals surface area contributed by atoms with Gasteiger partial charge in [-0.2, -0.15) is 5.10 Å². The van der Waals surface area contributed by atoms with E-state index in [1.54, 1.807) is 0 Å². The molecule has 1 aromatic rings. The zero-order valence-corrected chi connectivity index (χ0v) is 13.0. The average molecular weight is 300 g/mol. The summed E-state index contributed by atoms with van der Waals surface area (Å²) in [4.78, 5) is 0.0866. The van der Waals surface area contributed by atoms with Crippen LogP contribution >= 0.6 is 0 Å². The molecule has 7 heteroatoms. The van der Waals surface area contributed by atoms with Crippen LogP contribution in [0.4, 0.5) is 5.82 Å². The van der Waals surface area contributed by atoms with Crippen LogP contribution in [-0.4, -0.2) is 24.7 Å². The number of aryl methyl sites for hydroxylation is 1. The molecule has 114 valence electrons. The summed E-state index contributed by atoms with van der Waals surface area (Å²) >= 11 is 0. The van der Waals surface area contributed by atoms with Crippen molar-refractivity contribution in [2.45, 2.75) is 51.0 Å². The molecule has 0 bridgehead atoms. The van der Waals surface area contributed by atoms with Gasteiger partial charge < -0.3 is 5.73 Å². The summed E-state index contributed by atoms with van der Waals surface area (Å²) in [6.07, 6.45) is 6.03.